The molecule has 1 saturated heterocycles. The number of halogens is 2. The van der Waals surface area contributed by atoms with Crippen LogP contribution in [0.5, 0.6) is 0 Å². The van der Waals surface area contributed by atoms with Crippen molar-refractivity contribution in [2.75, 3.05) is 25.5 Å². The summed E-state index contributed by atoms with van der Waals surface area (Å²) in [6, 6.07) is 4.43. The molecular weight excluding hydrogens is 325 g/mol. The van der Waals surface area contributed by atoms with E-state index in [2.05, 4.69) is 10.6 Å². The molecule has 0 aromatic heterocycles. The molecule has 1 fully saturated rings. The summed E-state index contributed by atoms with van der Waals surface area (Å²) in [6.07, 6.45) is 2.50. The number of hydrogen-bond acceptors (Lipinski definition) is 3. The normalized spacial score (nSPS) is 18.1. The highest BCUT2D eigenvalue weighted by atomic mass is 35.5. The van der Waals surface area contributed by atoms with Crippen molar-refractivity contribution in [1.29, 1.82) is 0 Å². The SMILES string of the molecule is CNCC(=O)N1CCCCC1C(=O)Nc1ccc(Cl)cc1Cl. The highest BCUT2D eigenvalue weighted by Crippen LogP contribution is 2.26. The predicted octanol–water partition coefficient (Wildman–Crippen LogP) is 2.53. The lowest BCUT2D eigenvalue weighted by Crippen LogP contribution is -2.52. The van der Waals surface area contributed by atoms with E-state index in [9.17, 15) is 9.59 Å². The molecule has 1 aromatic carbocycles. The Kier molecular flexibility index (Phi) is 6.06. The van der Waals surface area contributed by atoms with Crippen LogP contribution in [0.2, 0.25) is 10.0 Å². The number of benzene rings is 1. The third kappa shape index (κ3) is 4.12. The summed E-state index contributed by atoms with van der Waals surface area (Å²) in [5.41, 5.74) is 0.502. The largest absolute Gasteiger partial charge is 0.330 e. The second-order valence-electron chi connectivity index (χ2n) is 5.24. The van der Waals surface area contributed by atoms with Crippen LogP contribution in [-0.4, -0.2) is 42.9 Å². The zero-order valence-corrected chi connectivity index (χ0v) is 13.9. The zero-order valence-electron chi connectivity index (χ0n) is 12.4. The standard InChI is InChI=1S/C15H19Cl2N3O2/c1-18-9-14(21)20-7-3-2-4-13(20)15(22)19-12-6-5-10(16)8-11(12)17/h5-6,8,13,18H,2-4,7,9H2,1H3,(H,19,22). The van der Waals surface area contributed by atoms with Gasteiger partial charge < -0.3 is 15.5 Å². The lowest BCUT2D eigenvalue weighted by atomic mass is 10.0. The number of amides is 2. The Morgan fingerprint density at radius 3 is 2.77 bits per heavy atom. The molecule has 0 bridgehead atoms. The molecule has 2 N–H and O–H groups in total. The van der Waals surface area contributed by atoms with Gasteiger partial charge in [-0.25, -0.2) is 0 Å². The third-order valence-electron chi connectivity index (χ3n) is 3.64. The van der Waals surface area contributed by atoms with Gasteiger partial charge in [0.05, 0.1) is 17.3 Å². The first-order valence-electron chi connectivity index (χ1n) is 7.23. The second kappa shape index (κ2) is 7.81. The third-order valence-corrected chi connectivity index (χ3v) is 4.19. The monoisotopic (exact) mass is 343 g/mol. The second-order valence-corrected chi connectivity index (χ2v) is 6.09. The van der Waals surface area contributed by atoms with Crippen LogP contribution in [0.4, 0.5) is 5.69 Å². The quantitative estimate of drug-likeness (QED) is 0.882. The van der Waals surface area contributed by atoms with Crippen molar-refractivity contribution < 1.29 is 9.59 Å². The highest BCUT2D eigenvalue weighted by Gasteiger charge is 2.31. The lowest BCUT2D eigenvalue weighted by Gasteiger charge is -2.34. The van der Waals surface area contributed by atoms with Gasteiger partial charge >= 0.3 is 0 Å². The summed E-state index contributed by atoms with van der Waals surface area (Å²) in [4.78, 5) is 26.3. The Hall–Kier alpha value is -1.30. The summed E-state index contributed by atoms with van der Waals surface area (Å²) in [7, 11) is 1.71. The Balaban J connectivity index is 2.10. The molecular formula is C15H19Cl2N3O2. The summed E-state index contributed by atoms with van der Waals surface area (Å²) in [6.45, 7) is 0.832. The average Bonchev–Trinajstić information content (AvgIpc) is 2.50. The fourth-order valence-corrected chi connectivity index (χ4v) is 3.02. The van der Waals surface area contributed by atoms with Crippen molar-refractivity contribution >= 4 is 40.7 Å². The smallest absolute Gasteiger partial charge is 0.247 e. The number of rotatable bonds is 4. The van der Waals surface area contributed by atoms with Crippen LogP contribution in [0, 0.1) is 0 Å². The summed E-state index contributed by atoms with van der Waals surface area (Å²) >= 11 is 11.9. The Labute approximate surface area is 139 Å². The van der Waals surface area contributed by atoms with E-state index in [1.54, 1.807) is 30.1 Å². The van der Waals surface area contributed by atoms with Gasteiger partial charge in [-0.3, -0.25) is 9.59 Å². The van der Waals surface area contributed by atoms with Gasteiger partial charge in [-0.1, -0.05) is 23.2 Å². The molecule has 2 amide bonds. The number of hydrogen-bond donors (Lipinski definition) is 2. The molecule has 2 rings (SSSR count). The maximum atomic E-state index is 12.5. The molecule has 0 aliphatic carbocycles. The zero-order chi connectivity index (χ0) is 16.1. The van der Waals surface area contributed by atoms with Gasteiger partial charge in [-0.2, -0.15) is 0 Å². The summed E-state index contributed by atoms with van der Waals surface area (Å²) < 4.78 is 0. The Bertz CT molecular complexity index is 566. The summed E-state index contributed by atoms with van der Waals surface area (Å²) in [5.74, 6) is -0.280. The van der Waals surface area contributed by atoms with E-state index in [1.165, 1.54) is 0 Å². The molecule has 0 radical (unpaired) electrons. The van der Waals surface area contributed by atoms with E-state index in [4.69, 9.17) is 23.2 Å². The molecule has 1 aliphatic heterocycles. The fourth-order valence-electron chi connectivity index (χ4n) is 2.56. The Morgan fingerprint density at radius 1 is 1.32 bits per heavy atom. The molecule has 1 unspecified atom stereocenters. The van der Waals surface area contributed by atoms with E-state index in [-0.39, 0.29) is 18.4 Å². The van der Waals surface area contributed by atoms with Gasteiger partial charge in [-0.05, 0) is 44.5 Å². The van der Waals surface area contributed by atoms with Crippen molar-refractivity contribution in [3.8, 4) is 0 Å². The maximum Gasteiger partial charge on any atom is 0.247 e. The first-order chi connectivity index (χ1) is 10.5. The van der Waals surface area contributed by atoms with E-state index in [1.807, 2.05) is 0 Å². The molecule has 1 aliphatic rings. The van der Waals surface area contributed by atoms with Crippen LogP contribution < -0.4 is 10.6 Å². The summed E-state index contributed by atoms with van der Waals surface area (Å²) in [5, 5.41) is 6.51. The molecule has 1 heterocycles. The number of carbonyl (C=O) groups is 2. The van der Waals surface area contributed by atoms with Gasteiger partial charge in [0.15, 0.2) is 0 Å². The van der Waals surface area contributed by atoms with Crippen LogP contribution in [0.25, 0.3) is 0 Å². The minimum Gasteiger partial charge on any atom is -0.330 e. The van der Waals surface area contributed by atoms with Crippen LogP contribution in [0.15, 0.2) is 18.2 Å². The minimum atomic E-state index is -0.457. The highest BCUT2D eigenvalue weighted by molar-refractivity contribution is 6.36. The van der Waals surface area contributed by atoms with Crippen LogP contribution in [0.1, 0.15) is 19.3 Å². The van der Waals surface area contributed by atoms with Gasteiger partial charge in [0.25, 0.3) is 0 Å². The van der Waals surface area contributed by atoms with Crippen molar-refractivity contribution in [2.24, 2.45) is 0 Å². The van der Waals surface area contributed by atoms with Crippen molar-refractivity contribution in [3.05, 3.63) is 28.2 Å². The maximum absolute atomic E-state index is 12.5. The molecule has 5 nitrogen and oxygen atoms in total. The predicted molar refractivity (Wildman–Crippen MR) is 88.4 cm³/mol. The van der Waals surface area contributed by atoms with Gasteiger partial charge in [0, 0.05) is 11.6 Å². The average molecular weight is 344 g/mol. The number of piperidine rings is 1. The van der Waals surface area contributed by atoms with E-state index < -0.39 is 6.04 Å². The Morgan fingerprint density at radius 2 is 2.09 bits per heavy atom. The number of nitrogens with zero attached hydrogens (tertiary/aromatic N) is 1. The molecule has 1 atom stereocenters. The molecule has 22 heavy (non-hydrogen) atoms. The number of nitrogens with one attached hydrogen (secondary N) is 2. The van der Waals surface area contributed by atoms with Crippen molar-refractivity contribution in [2.45, 2.75) is 25.3 Å². The topological polar surface area (TPSA) is 61.4 Å². The molecule has 1 aromatic rings. The molecule has 0 saturated carbocycles. The van der Waals surface area contributed by atoms with Gasteiger partial charge in [-0.15, -0.1) is 0 Å². The molecule has 120 valence electrons. The fraction of sp³-hybridized carbons (Fsp3) is 0.467. The first kappa shape index (κ1) is 17.1. The van der Waals surface area contributed by atoms with E-state index >= 15 is 0 Å². The number of carbonyl (C=O) groups excluding carboxylic acids is 2. The van der Waals surface area contributed by atoms with Crippen molar-refractivity contribution in [1.82, 2.24) is 10.2 Å². The van der Waals surface area contributed by atoms with Crippen molar-refractivity contribution in [3.63, 3.8) is 0 Å². The number of likely N-dealkylation sites (tertiary alicyclic amines) is 1. The minimum absolute atomic E-state index is 0.0652. The van der Waals surface area contributed by atoms with Gasteiger partial charge in [0.2, 0.25) is 11.8 Å². The van der Waals surface area contributed by atoms with E-state index in [0.29, 0.717) is 28.7 Å². The molecule has 0 spiro atoms. The molecule has 7 heteroatoms. The van der Waals surface area contributed by atoms with E-state index in [0.717, 1.165) is 12.8 Å². The lowest BCUT2D eigenvalue weighted by molar-refractivity contribution is -0.139. The van der Waals surface area contributed by atoms with Crippen LogP contribution >= 0.6 is 23.2 Å². The first-order valence-corrected chi connectivity index (χ1v) is 7.98. The number of anilines is 1. The van der Waals surface area contributed by atoms with Crippen LogP contribution in [0.3, 0.4) is 0 Å². The van der Waals surface area contributed by atoms with Crippen LogP contribution in [-0.2, 0) is 9.59 Å². The number of likely N-dealkylation sites (N-methyl/N-ethyl adjacent to an activating group) is 1. The van der Waals surface area contributed by atoms with Gasteiger partial charge in [0.1, 0.15) is 6.04 Å².